The Bertz CT molecular complexity index is 459. The van der Waals surface area contributed by atoms with Crippen molar-refractivity contribution in [2.45, 2.75) is 19.3 Å². The van der Waals surface area contributed by atoms with E-state index in [1.54, 1.807) is 7.11 Å². The van der Waals surface area contributed by atoms with E-state index in [9.17, 15) is 4.79 Å². The van der Waals surface area contributed by atoms with Gasteiger partial charge in [0.1, 0.15) is 6.61 Å². The van der Waals surface area contributed by atoms with Crippen LogP contribution < -0.4 is 10.6 Å². The van der Waals surface area contributed by atoms with Gasteiger partial charge in [0.05, 0.1) is 13.2 Å². The van der Waals surface area contributed by atoms with Gasteiger partial charge < -0.3 is 20.1 Å². The van der Waals surface area contributed by atoms with Crippen molar-refractivity contribution in [3.63, 3.8) is 0 Å². The van der Waals surface area contributed by atoms with Crippen molar-refractivity contribution < 1.29 is 14.3 Å². The van der Waals surface area contributed by atoms with Gasteiger partial charge in [-0.2, -0.15) is 0 Å². The first-order valence-electron chi connectivity index (χ1n) is 8.32. The molecule has 2 rings (SSSR count). The molecule has 5 nitrogen and oxygen atoms in total. The van der Waals surface area contributed by atoms with Gasteiger partial charge in [-0.05, 0) is 37.9 Å². The van der Waals surface area contributed by atoms with E-state index in [0.717, 1.165) is 32.4 Å². The predicted octanol–water partition coefficient (Wildman–Crippen LogP) is 1.80. The molecule has 1 aliphatic rings. The van der Waals surface area contributed by atoms with Crippen molar-refractivity contribution in [3.8, 4) is 0 Å². The first kappa shape index (κ1) is 20.9. The largest absolute Gasteiger partial charge is 0.384 e. The molecule has 0 bridgehead atoms. The van der Waals surface area contributed by atoms with Crippen LogP contribution in [0.15, 0.2) is 30.3 Å². The third-order valence-corrected chi connectivity index (χ3v) is 4.39. The fourth-order valence-corrected chi connectivity index (χ4v) is 2.97. The summed E-state index contributed by atoms with van der Waals surface area (Å²) in [5.41, 5.74) is 1.28. The Balaban J connectivity index is 0.00000288. The molecule has 0 saturated carbocycles. The maximum absolute atomic E-state index is 12.0. The molecule has 1 heterocycles. The number of nitrogens with one attached hydrogen (secondary N) is 2. The number of rotatable bonds is 9. The summed E-state index contributed by atoms with van der Waals surface area (Å²) in [6.07, 6.45) is 2.87. The summed E-state index contributed by atoms with van der Waals surface area (Å²) in [6, 6.07) is 10.1. The molecule has 0 unspecified atom stereocenters. The average molecular weight is 357 g/mol. The van der Waals surface area contributed by atoms with Crippen molar-refractivity contribution in [1.82, 2.24) is 10.6 Å². The lowest BCUT2D eigenvalue weighted by molar-refractivity contribution is -0.126. The Morgan fingerprint density at radius 1 is 1.25 bits per heavy atom. The Kier molecular flexibility index (Phi) is 9.95. The lowest BCUT2D eigenvalue weighted by atomic mass is 9.79. The fourth-order valence-electron chi connectivity index (χ4n) is 2.97. The molecule has 0 aliphatic carbocycles. The predicted molar refractivity (Wildman–Crippen MR) is 97.6 cm³/mol. The molecule has 1 aliphatic heterocycles. The van der Waals surface area contributed by atoms with E-state index in [2.05, 4.69) is 22.8 Å². The van der Waals surface area contributed by atoms with Crippen LogP contribution >= 0.6 is 12.4 Å². The van der Waals surface area contributed by atoms with Crippen LogP contribution in [0.5, 0.6) is 0 Å². The number of ether oxygens (including phenoxy) is 2. The first-order valence-corrected chi connectivity index (χ1v) is 8.32. The molecule has 1 aromatic rings. The van der Waals surface area contributed by atoms with Crippen LogP contribution in [0.3, 0.4) is 0 Å². The van der Waals surface area contributed by atoms with E-state index in [1.807, 2.05) is 18.2 Å². The fraction of sp³-hybridized carbons (Fsp3) is 0.611. The molecule has 0 atom stereocenters. The molecule has 1 aromatic carbocycles. The highest BCUT2D eigenvalue weighted by molar-refractivity contribution is 5.85. The van der Waals surface area contributed by atoms with Crippen molar-refractivity contribution in [2.75, 3.05) is 46.6 Å². The zero-order chi connectivity index (χ0) is 16.4. The molecule has 1 saturated heterocycles. The summed E-state index contributed by atoms with van der Waals surface area (Å²) in [5, 5.41) is 6.36. The highest BCUT2D eigenvalue weighted by atomic mass is 35.5. The van der Waals surface area contributed by atoms with E-state index in [-0.39, 0.29) is 30.3 Å². The number of carbonyl (C=O) groups excluding carboxylic acids is 1. The molecule has 1 amide bonds. The van der Waals surface area contributed by atoms with Crippen LogP contribution in [0.4, 0.5) is 0 Å². The van der Waals surface area contributed by atoms with Crippen LogP contribution in [0, 0.1) is 5.41 Å². The Morgan fingerprint density at radius 3 is 2.62 bits per heavy atom. The smallest absolute Gasteiger partial charge is 0.246 e. The minimum Gasteiger partial charge on any atom is -0.384 e. The molecule has 0 radical (unpaired) electrons. The van der Waals surface area contributed by atoms with E-state index in [4.69, 9.17) is 9.47 Å². The second-order valence-corrected chi connectivity index (χ2v) is 6.25. The van der Waals surface area contributed by atoms with Crippen LogP contribution in [-0.2, 0) is 20.7 Å². The van der Waals surface area contributed by atoms with Crippen molar-refractivity contribution in [1.29, 1.82) is 0 Å². The monoisotopic (exact) mass is 356 g/mol. The topological polar surface area (TPSA) is 59.6 Å². The van der Waals surface area contributed by atoms with Gasteiger partial charge in [-0.25, -0.2) is 0 Å². The second kappa shape index (κ2) is 11.4. The molecule has 1 fully saturated rings. The highest BCUT2D eigenvalue weighted by Crippen LogP contribution is 2.28. The third-order valence-electron chi connectivity index (χ3n) is 4.39. The molecular weight excluding hydrogens is 328 g/mol. The Morgan fingerprint density at radius 2 is 1.96 bits per heavy atom. The van der Waals surface area contributed by atoms with Gasteiger partial charge in [-0.1, -0.05) is 30.3 Å². The van der Waals surface area contributed by atoms with Crippen LogP contribution in [0.2, 0.25) is 0 Å². The normalized spacial score (nSPS) is 16.2. The number of amides is 1. The highest BCUT2D eigenvalue weighted by Gasteiger charge is 2.32. The van der Waals surface area contributed by atoms with Crippen LogP contribution in [-0.4, -0.2) is 52.5 Å². The van der Waals surface area contributed by atoms with E-state index >= 15 is 0 Å². The number of hydrogen-bond donors (Lipinski definition) is 2. The summed E-state index contributed by atoms with van der Waals surface area (Å²) in [7, 11) is 1.72. The number of halogens is 1. The molecule has 2 N–H and O–H groups in total. The van der Waals surface area contributed by atoms with Crippen molar-refractivity contribution in [2.24, 2.45) is 5.41 Å². The molecule has 24 heavy (non-hydrogen) atoms. The maximum Gasteiger partial charge on any atom is 0.246 e. The van der Waals surface area contributed by atoms with Crippen LogP contribution in [0.1, 0.15) is 18.4 Å². The second-order valence-electron chi connectivity index (χ2n) is 6.25. The average Bonchev–Trinajstić information content (AvgIpc) is 2.59. The SMILES string of the molecule is COCC1(CNC(=O)COCCc2ccccc2)CCNCC1.Cl. The minimum atomic E-state index is -0.0490. The Hall–Kier alpha value is -1.14. The zero-order valence-electron chi connectivity index (χ0n) is 14.4. The number of methoxy groups -OCH3 is 1. The maximum atomic E-state index is 12.0. The van der Waals surface area contributed by atoms with Crippen molar-refractivity contribution in [3.05, 3.63) is 35.9 Å². The zero-order valence-corrected chi connectivity index (χ0v) is 15.2. The molecule has 6 heteroatoms. The molecule has 136 valence electrons. The third kappa shape index (κ3) is 7.18. The number of benzene rings is 1. The summed E-state index contributed by atoms with van der Waals surface area (Å²) in [6.45, 7) is 3.98. The summed E-state index contributed by atoms with van der Waals surface area (Å²) in [5.74, 6) is -0.0490. The molecule has 0 spiro atoms. The number of hydrogen-bond acceptors (Lipinski definition) is 4. The van der Waals surface area contributed by atoms with E-state index in [0.29, 0.717) is 19.8 Å². The van der Waals surface area contributed by atoms with Gasteiger partial charge in [0.15, 0.2) is 0 Å². The lowest BCUT2D eigenvalue weighted by Gasteiger charge is -2.37. The standard InChI is InChI=1S/C18H28N2O3.ClH/c1-22-15-18(8-10-19-11-9-18)14-20-17(21)13-23-12-7-16-5-3-2-4-6-16;/h2-6,19H,7-15H2,1H3,(H,20,21);1H. The van der Waals surface area contributed by atoms with Crippen molar-refractivity contribution >= 4 is 18.3 Å². The van der Waals surface area contributed by atoms with Crippen LogP contribution in [0.25, 0.3) is 0 Å². The Labute approximate surface area is 150 Å². The molecular formula is C18H29ClN2O3. The minimum absolute atomic E-state index is 0. The summed E-state index contributed by atoms with van der Waals surface area (Å²) in [4.78, 5) is 12.0. The number of piperidine rings is 1. The van der Waals surface area contributed by atoms with Gasteiger partial charge in [0.25, 0.3) is 0 Å². The van der Waals surface area contributed by atoms with E-state index in [1.165, 1.54) is 5.56 Å². The number of carbonyl (C=O) groups is 1. The van der Waals surface area contributed by atoms with E-state index < -0.39 is 0 Å². The molecule has 0 aromatic heterocycles. The lowest BCUT2D eigenvalue weighted by Crippen LogP contribution is -2.47. The van der Waals surface area contributed by atoms with Gasteiger partial charge >= 0.3 is 0 Å². The van der Waals surface area contributed by atoms with Gasteiger partial charge in [-0.3, -0.25) is 4.79 Å². The first-order chi connectivity index (χ1) is 11.2. The van der Waals surface area contributed by atoms with Gasteiger partial charge in [0, 0.05) is 19.1 Å². The summed E-state index contributed by atoms with van der Waals surface area (Å²) >= 11 is 0. The van der Waals surface area contributed by atoms with Gasteiger partial charge in [-0.15, -0.1) is 12.4 Å². The quantitative estimate of drug-likeness (QED) is 0.662. The summed E-state index contributed by atoms with van der Waals surface area (Å²) < 4.78 is 10.8. The van der Waals surface area contributed by atoms with Gasteiger partial charge in [0.2, 0.25) is 5.91 Å².